The number of carbonyl (C=O) groups excluding carboxylic acids is 2. The van der Waals surface area contributed by atoms with Crippen molar-refractivity contribution >= 4 is 50.5 Å². The second kappa shape index (κ2) is 7.84. The lowest BCUT2D eigenvalue weighted by Crippen LogP contribution is -2.36. The van der Waals surface area contributed by atoms with Gasteiger partial charge in [-0.05, 0) is 54.6 Å². The van der Waals surface area contributed by atoms with Crippen LogP contribution in [0.1, 0.15) is 0 Å². The number of nitrogen functional groups attached to an aromatic ring is 1. The van der Waals surface area contributed by atoms with E-state index in [4.69, 9.17) is 5.73 Å². The van der Waals surface area contributed by atoms with Crippen LogP contribution in [0.3, 0.4) is 0 Å². The third-order valence-electron chi connectivity index (χ3n) is 3.65. The van der Waals surface area contributed by atoms with Crippen LogP contribution in [-0.4, -0.2) is 11.8 Å². The van der Waals surface area contributed by atoms with E-state index in [0.717, 1.165) is 4.47 Å². The van der Waals surface area contributed by atoms with E-state index in [0.29, 0.717) is 22.7 Å². The second-order valence-electron chi connectivity index (χ2n) is 5.53. The van der Waals surface area contributed by atoms with Crippen LogP contribution in [0.25, 0.3) is 0 Å². The maximum absolute atomic E-state index is 12.9. The Kier molecular flexibility index (Phi) is 5.34. The lowest BCUT2D eigenvalue weighted by Gasteiger charge is -2.22. The van der Waals surface area contributed by atoms with Gasteiger partial charge in [0, 0.05) is 27.2 Å². The molecule has 0 atom stereocenters. The van der Waals surface area contributed by atoms with Gasteiger partial charge >= 0.3 is 11.8 Å². The average molecular weight is 410 g/mol. The number of hydrogen-bond donors (Lipinski definition) is 2. The number of para-hydroxylation sites is 1. The summed E-state index contributed by atoms with van der Waals surface area (Å²) in [4.78, 5) is 26.8. The lowest BCUT2D eigenvalue weighted by atomic mass is 10.2. The van der Waals surface area contributed by atoms with Gasteiger partial charge in [0.25, 0.3) is 0 Å². The van der Waals surface area contributed by atoms with Gasteiger partial charge in [-0.2, -0.15) is 0 Å². The molecule has 3 rings (SSSR count). The van der Waals surface area contributed by atoms with Crippen LogP contribution in [0.2, 0.25) is 0 Å². The zero-order valence-corrected chi connectivity index (χ0v) is 15.3. The van der Waals surface area contributed by atoms with Crippen molar-refractivity contribution in [3.05, 3.63) is 83.3 Å². The molecule has 5 nitrogen and oxygen atoms in total. The summed E-state index contributed by atoms with van der Waals surface area (Å²) < 4.78 is 0.807. The molecule has 0 heterocycles. The standard InChI is InChI=1S/C20H16BrN3O2/c21-14-5-4-6-16(13-14)23-19(25)20(26)24(17-7-2-1-3-8-17)18-11-9-15(22)10-12-18/h1-13H,22H2,(H,23,25). The molecule has 3 aromatic carbocycles. The molecule has 0 fully saturated rings. The Hall–Kier alpha value is -3.12. The summed E-state index contributed by atoms with van der Waals surface area (Å²) in [5.41, 5.74) is 7.98. The first-order valence-corrected chi connectivity index (χ1v) is 8.65. The van der Waals surface area contributed by atoms with Gasteiger partial charge in [-0.3, -0.25) is 14.5 Å². The van der Waals surface area contributed by atoms with Crippen LogP contribution in [-0.2, 0) is 9.59 Å². The van der Waals surface area contributed by atoms with E-state index < -0.39 is 11.8 Å². The van der Waals surface area contributed by atoms with Gasteiger partial charge in [0.15, 0.2) is 0 Å². The predicted molar refractivity (Wildman–Crippen MR) is 107 cm³/mol. The molecule has 0 aliphatic rings. The molecule has 0 bridgehead atoms. The molecule has 0 unspecified atom stereocenters. The fourth-order valence-corrected chi connectivity index (χ4v) is 2.84. The van der Waals surface area contributed by atoms with Gasteiger partial charge in [0.2, 0.25) is 0 Å². The fourth-order valence-electron chi connectivity index (χ4n) is 2.44. The summed E-state index contributed by atoms with van der Waals surface area (Å²) in [6.45, 7) is 0. The van der Waals surface area contributed by atoms with Crippen LogP contribution >= 0.6 is 15.9 Å². The molecule has 2 amide bonds. The van der Waals surface area contributed by atoms with Crippen LogP contribution in [0.5, 0.6) is 0 Å². The molecule has 3 N–H and O–H groups in total. The van der Waals surface area contributed by atoms with E-state index in [-0.39, 0.29) is 0 Å². The van der Waals surface area contributed by atoms with Gasteiger partial charge in [-0.15, -0.1) is 0 Å². The van der Waals surface area contributed by atoms with Crippen molar-refractivity contribution in [3.63, 3.8) is 0 Å². The van der Waals surface area contributed by atoms with E-state index in [1.165, 1.54) is 4.90 Å². The highest BCUT2D eigenvalue weighted by Crippen LogP contribution is 2.26. The van der Waals surface area contributed by atoms with Crippen molar-refractivity contribution in [2.75, 3.05) is 16.0 Å². The SMILES string of the molecule is Nc1ccc(N(C(=O)C(=O)Nc2cccc(Br)c2)c2ccccc2)cc1. The second-order valence-corrected chi connectivity index (χ2v) is 6.45. The number of carbonyl (C=O) groups is 2. The molecule has 0 saturated heterocycles. The van der Waals surface area contributed by atoms with E-state index in [1.54, 1.807) is 66.7 Å². The number of halogens is 1. The maximum atomic E-state index is 12.9. The predicted octanol–water partition coefficient (Wildman–Crippen LogP) is 4.33. The van der Waals surface area contributed by atoms with Crippen LogP contribution in [0.15, 0.2) is 83.3 Å². The van der Waals surface area contributed by atoms with Crippen molar-refractivity contribution in [3.8, 4) is 0 Å². The van der Waals surface area contributed by atoms with Crippen molar-refractivity contribution in [2.45, 2.75) is 0 Å². The number of nitrogens with zero attached hydrogens (tertiary/aromatic N) is 1. The Labute approximate surface area is 159 Å². The molecule has 6 heteroatoms. The number of benzene rings is 3. The van der Waals surface area contributed by atoms with Crippen molar-refractivity contribution < 1.29 is 9.59 Å². The van der Waals surface area contributed by atoms with Crippen LogP contribution < -0.4 is 16.0 Å². The van der Waals surface area contributed by atoms with E-state index in [1.807, 2.05) is 12.1 Å². The normalized spacial score (nSPS) is 10.2. The number of anilines is 4. The topological polar surface area (TPSA) is 75.4 Å². The summed E-state index contributed by atoms with van der Waals surface area (Å²) in [6, 6.07) is 22.8. The summed E-state index contributed by atoms with van der Waals surface area (Å²) in [7, 11) is 0. The third-order valence-corrected chi connectivity index (χ3v) is 4.14. The first kappa shape index (κ1) is 17.7. The maximum Gasteiger partial charge on any atom is 0.321 e. The highest BCUT2D eigenvalue weighted by atomic mass is 79.9. The zero-order valence-electron chi connectivity index (χ0n) is 13.7. The molecule has 130 valence electrons. The Bertz CT molecular complexity index is 927. The summed E-state index contributed by atoms with van der Waals surface area (Å²) in [6.07, 6.45) is 0. The monoisotopic (exact) mass is 409 g/mol. The lowest BCUT2D eigenvalue weighted by molar-refractivity contribution is -0.134. The Balaban J connectivity index is 1.92. The largest absolute Gasteiger partial charge is 0.399 e. The molecule has 0 radical (unpaired) electrons. The van der Waals surface area contributed by atoms with E-state index in [9.17, 15) is 9.59 Å². The quantitative estimate of drug-likeness (QED) is 0.499. The molecule has 0 aromatic heterocycles. The summed E-state index contributed by atoms with van der Waals surface area (Å²) in [5, 5.41) is 2.63. The zero-order chi connectivity index (χ0) is 18.5. The molecule has 26 heavy (non-hydrogen) atoms. The Morgan fingerprint density at radius 2 is 1.50 bits per heavy atom. The molecule has 0 spiro atoms. The van der Waals surface area contributed by atoms with Crippen molar-refractivity contribution in [1.29, 1.82) is 0 Å². The third kappa shape index (κ3) is 4.10. The first-order valence-electron chi connectivity index (χ1n) is 7.86. The number of rotatable bonds is 3. The minimum absolute atomic E-state index is 0.531. The fraction of sp³-hybridized carbons (Fsp3) is 0. The minimum Gasteiger partial charge on any atom is -0.399 e. The van der Waals surface area contributed by atoms with Gasteiger partial charge < -0.3 is 11.1 Å². The highest BCUT2D eigenvalue weighted by molar-refractivity contribution is 9.10. The van der Waals surface area contributed by atoms with Gasteiger partial charge in [0.1, 0.15) is 0 Å². The number of nitrogens with two attached hydrogens (primary N) is 1. The molecule has 3 aromatic rings. The summed E-state index contributed by atoms with van der Waals surface area (Å²) >= 11 is 3.34. The van der Waals surface area contributed by atoms with Crippen LogP contribution in [0, 0.1) is 0 Å². The average Bonchev–Trinajstić information content (AvgIpc) is 2.64. The van der Waals surface area contributed by atoms with Crippen molar-refractivity contribution in [1.82, 2.24) is 0 Å². The molecular formula is C20H16BrN3O2. The van der Waals surface area contributed by atoms with E-state index >= 15 is 0 Å². The van der Waals surface area contributed by atoms with Gasteiger partial charge in [-0.1, -0.05) is 40.2 Å². The molecule has 0 aliphatic carbocycles. The van der Waals surface area contributed by atoms with Gasteiger partial charge in [-0.25, -0.2) is 0 Å². The van der Waals surface area contributed by atoms with Crippen molar-refractivity contribution in [2.24, 2.45) is 0 Å². The number of amides is 2. The molecule has 0 saturated carbocycles. The Morgan fingerprint density at radius 3 is 2.15 bits per heavy atom. The Morgan fingerprint density at radius 1 is 0.846 bits per heavy atom. The first-order chi connectivity index (χ1) is 12.5. The van der Waals surface area contributed by atoms with E-state index in [2.05, 4.69) is 21.2 Å². The van der Waals surface area contributed by atoms with Crippen LogP contribution in [0.4, 0.5) is 22.7 Å². The number of nitrogens with one attached hydrogen (secondary N) is 1. The summed E-state index contributed by atoms with van der Waals surface area (Å²) in [5.74, 6) is -1.43. The van der Waals surface area contributed by atoms with Gasteiger partial charge in [0.05, 0.1) is 0 Å². The number of hydrogen-bond acceptors (Lipinski definition) is 3. The minimum atomic E-state index is -0.733. The smallest absolute Gasteiger partial charge is 0.321 e. The molecular weight excluding hydrogens is 394 g/mol. The molecule has 0 aliphatic heterocycles. The highest BCUT2D eigenvalue weighted by Gasteiger charge is 2.25.